The second-order valence-corrected chi connectivity index (χ2v) is 20.0. The summed E-state index contributed by atoms with van der Waals surface area (Å²) in [5.41, 5.74) is 1.80. The molecule has 0 bridgehead atoms. The maximum Gasteiger partial charge on any atom is 0.331 e. The van der Waals surface area contributed by atoms with Crippen LogP contribution in [0.2, 0.25) is 0 Å². The van der Waals surface area contributed by atoms with Gasteiger partial charge in [-0.25, -0.2) is 14.8 Å². The summed E-state index contributed by atoms with van der Waals surface area (Å²) in [4.78, 5) is 88.2. The van der Waals surface area contributed by atoms with Crippen LogP contribution in [0.1, 0.15) is 90.2 Å². The first kappa shape index (κ1) is 45.4. The number of unbranched alkanes of at least 4 members (excludes halogenated alkanes) is 2. The van der Waals surface area contributed by atoms with Crippen LogP contribution in [-0.2, 0) is 37.1 Å². The largest absolute Gasteiger partial charge is 0.424 e. The third-order valence-electron chi connectivity index (χ3n) is 11.2. The van der Waals surface area contributed by atoms with Crippen molar-refractivity contribution in [1.82, 2.24) is 19.8 Å². The van der Waals surface area contributed by atoms with Gasteiger partial charge in [0, 0.05) is 14.1 Å². The molecule has 2 fully saturated rings. The number of urea groups is 1. The Kier molecular flexibility index (Phi) is 14.5. The van der Waals surface area contributed by atoms with Gasteiger partial charge < -0.3 is 9.47 Å². The highest BCUT2D eigenvalue weighted by molar-refractivity contribution is 8.26. The highest BCUT2D eigenvalue weighted by Crippen LogP contribution is 2.69. The summed E-state index contributed by atoms with van der Waals surface area (Å²) in [5.74, 6) is -2.73. The van der Waals surface area contributed by atoms with E-state index in [1.807, 2.05) is 74.5 Å². The predicted molar refractivity (Wildman–Crippen MR) is 242 cm³/mol. The Balaban J connectivity index is 1.39. The Hall–Kier alpha value is -4.64. The molecule has 62 heavy (non-hydrogen) atoms. The number of hydrogen-bond acceptors (Lipinski definition) is 12. The fourth-order valence-electron chi connectivity index (χ4n) is 7.54. The second kappa shape index (κ2) is 19.8. The van der Waals surface area contributed by atoms with Gasteiger partial charge in [-0.15, -0.1) is 0 Å². The van der Waals surface area contributed by atoms with Gasteiger partial charge in [0.2, 0.25) is 0 Å². The smallest absolute Gasteiger partial charge is 0.331 e. The zero-order valence-corrected chi connectivity index (χ0v) is 39.0. The molecule has 2 saturated heterocycles. The van der Waals surface area contributed by atoms with E-state index in [-0.39, 0.29) is 35.9 Å². The molecule has 5 amide bonds. The van der Waals surface area contributed by atoms with E-state index in [1.165, 1.54) is 52.5 Å². The maximum absolute atomic E-state index is 14.7. The van der Waals surface area contributed by atoms with Gasteiger partial charge in [-0.3, -0.25) is 33.8 Å². The molecule has 4 aliphatic rings. The Morgan fingerprint density at radius 2 is 0.968 bits per heavy atom. The molecule has 0 radical (unpaired) electrons. The van der Waals surface area contributed by atoms with E-state index >= 15 is 0 Å². The van der Waals surface area contributed by atoms with Gasteiger partial charge in [-0.05, 0) is 36.8 Å². The average molecular weight is 915 g/mol. The number of hydrazine groups is 1. The quantitative estimate of drug-likeness (QED) is 0.0445. The van der Waals surface area contributed by atoms with E-state index in [9.17, 15) is 28.8 Å². The molecule has 0 aromatic heterocycles. The number of benzene rings is 3. The number of imide groups is 1. The molecule has 3 aromatic carbocycles. The molecular weight excluding hydrogens is 865 g/mol. The standard InChI is InChI=1S/C46H50N4O8S4/c1-7-11-23-29(9-3)42(54)57-33-35-36(34(58-43(55)30(10-4)24-12-8-2)38-37(33)61-45(62-38)32-41(53)48(6)46(56)47(32)5)60-44(59-35)31-39(51)49(25-27-19-15-13-16-20-27)50(40(31)52)26-28-21-17-14-18-22-28/h13-22,29-30H,7-12,23-26H2,1-6H3. The molecule has 4 aliphatic heterocycles. The zero-order chi connectivity index (χ0) is 44.2. The first-order chi connectivity index (χ1) is 29.9. The molecule has 0 aliphatic carbocycles. The fourth-order valence-corrected chi connectivity index (χ4v) is 13.1. The number of carbonyl (C=O) groups excluding carboxylic acids is 6. The number of esters is 2. The highest BCUT2D eigenvalue weighted by atomic mass is 32.2. The molecule has 0 spiro atoms. The third-order valence-corrected chi connectivity index (χ3v) is 16.4. The van der Waals surface area contributed by atoms with Crippen LogP contribution < -0.4 is 9.47 Å². The van der Waals surface area contributed by atoms with Crippen molar-refractivity contribution in [3.8, 4) is 11.5 Å². The lowest BCUT2D eigenvalue weighted by atomic mass is 10.00. The van der Waals surface area contributed by atoms with E-state index in [0.717, 1.165) is 65.2 Å². The summed E-state index contributed by atoms with van der Waals surface area (Å²) in [6.45, 7) is 8.31. The topological polar surface area (TPSA) is 134 Å². The Morgan fingerprint density at radius 3 is 1.32 bits per heavy atom. The van der Waals surface area contributed by atoms with Crippen molar-refractivity contribution in [3.05, 3.63) is 91.5 Å². The third kappa shape index (κ3) is 8.93. The van der Waals surface area contributed by atoms with Crippen LogP contribution >= 0.6 is 47.0 Å². The van der Waals surface area contributed by atoms with Crippen molar-refractivity contribution in [1.29, 1.82) is 0 Å². The minimum absolute atomic E-state index is 0.0376. The van der Waals surface area contributed by atoms with Gasteiger partial charge in [-0.1, -0.05) is 161 Å². The Labute approximate surface area is 379 Å². The van der Waals surface area contributed by atoms with Crippen LogP contribution in [0.5, 0.6) is 11.5 Å². The summed E-state index contributed by atoms with van der Waals surface area (Å²) in [7, 11) is 2.94. The predicted octanol–water partition coefficient (Wildman–Crippen LogP) is 10.2. The number of likely N-dealkylation sites (N-methyl/N-ethyl adjacent to an activating group) is 2. The summed E-state index contributed by atoms with van der Waals surface area (Å²) in [6.07, 6.45) is 5.81. The number of hydrogen-bond donors (Lipinski definition) is 0. The number of ether oxygens (including phenoxy) is 2. The van der Waals surface area contributed by atoms with Crippen molar-refractivity contribution in [2.45, 2.75) is 112 Å². The van der Waals surface area contributed by atoms with Crippen molar-refractivity contribution in [3.63, 3.8) is 0 Å². The van der Waals surface area contributed by atoms with E-state index in [0.29, 0.717) is 53.7 Å². The minimum Gasteiger partial charge on any atom is -0.424 e. The van der Waals surface area contributed by atoms with Gasteiger partial charge in [0.15, 0.2) is 11.5 Å². The van der Waals surface area contributed by atoms with E-state index in [4.69, 9.17) is 9.47 Å². The first-order valence-electron chi connectivity index (χ1n) is 21.1. The van der Waals surface area contributed by atoms with Crippen LogP contribution in [0.4, 0.5) is 4.79 Å². The van der Waals surface area contributed by atoms with Gasteiger partial charge in [0.1, 0.15) is 11.3 Å². The van der Waals surface area contributed by atoms with E-state index in [2.05, 4.69) is 13.8 Å². The SMILES string of the molecule is CCCCC(CC)C(=O)Oc1c2c(c(OC(=O)C(CC)CCCC)c3c1SC(=C1C(=O)N(C)C(=O)N1C)S3)SC(=C1C(=O)N(Cc3ccccc3)N(Cc3ccccc3)C1=O)S2. The minimum atomic E-state index is -0.491. The van der Waals surface area contributed by atoms with Crippen LogP contribution in [-0.4, -0.2) is 69.6 Å². The normalized spacial score (nSPS) is 17.1. The van der Waals surface area contributed by atoms with Crippen LogP contribution in [0.3, 0.4) is 0 Å². The molecular formula is C46H50N4O8S4. The molecule has 12 nitrogen and oxygen atoms in total. The Bertz CT molecular complexity index is 2220. The number of fused-ring (bicyclic) bond motifs is 2. The van der Waals surface area contributed by atoms with E-state index in [1.54, 1.807) is 0 Å². The lowest BCUT2D eigenvalue weighted by Gasteiger charge is -2.27. The highest BCUT2D eigenvalue weighted by Gasteiger charge is 2.48. The lowest BCUT2D eigenvalue weighted by molar-refractivity contribution is -0.149. The second-order valence-electron chi connectivity index (χ2n) is 15.4. The molecule has 7 rings (SSSR count). The molecule has 0 saturated carbocycles. The zero-order valence-electron chi connectivity index (χ0n) is 35.7. The summed E-state index contributed by atoms with van der Waals surface area (Å²) < 4.78 is 13.7. The number of amides is 5. The Morgan fingerprint density at radius 1 is 0.565 bits per heavy atom. The van der Waals surface area contributed by atoms with Crippen molar-refractivity contribution < 1.29 is 38.2 Å². The summed E-state index contributed by atoms with van der Waals surface area (Å²) in [6, 6.07) is 18.4. The lowest BCUT2D eigenvalue weighted by Crippen LogP contribution is -2.39. The van der Waals surface area contributed by atoms with Crippen LogP contribution in [0.25, 0.3) is 0 Å². The summed E-state index contributed by atoms with van der Waals surface area (Å²) >= 11 is 4.60. The van der Waals surface area contributed by atoms with Crippen LogP contribution in [0.15, 0.2) is 100.0 Å². The molecule has 4 heterocycles. The molecule has 0 N–H and O–H groups in total. The number of thioether (sulfide) groups is 4. The van der Waals surface area contributed by atoms with Gasteiger partial charge in [0.05, 0.1) is 53.0 Å². The van der Waals surface area contributed by atoms with Gasteiger partial charge in [-0.2, -0.15) is 0 Å². The molecule has 16 heteroatoms. The van der Waals surface area contributed by atoms with Gasteiger partial charge in [0.25, 0.3) is 17.7 Å². The monoisotopic (exact) mass is 914 g/mol. The molecule has 326 valence electrons. The van der Waals surface area contributed by atoms with Crippen molar-refractivity contribution in [2.75, 3.05) is 14.1 Å². The number of carbonyl (C=O) groups is 6. The van der Waals surface area contributed by atoms with Gasteiger partial charge >= 0.3 is 18.0 Å². The number of nitrogens with zero attached hydrogens (tertiary/aromatic N) is 4. The summed E-state index contributed by atoms with van der Waals surface area (Å²) in [5, 5.41) is 2.94. The van der Waals surface area contributed by atoms with E-state index < -0.39 is 47.5 Å². The van der Waals surface area contributed by atoms with Crippen molar-refractivity contribution in [2.24, 2.45) is 11.8 Å². The molecule has 2 atom stereocenters. The number of rotatable bonds is 16. The molecule has 3 aromatic rings. The first-order valence-corrected chi connectivity index (χ1v) is 24.3. The van der Waals surface area contributed by atoms with Crippen LogP contribution in [0, 0.1) is 11.8 Å². The molecule has 2 unspecified atom stereocenters. The average Bonchev–Trinajstić information content (AvgIpc) is 4.01. The maximum atomic E-state index is 14.7. The fraction of sp³-hybridized carbons (Fsp3) is 0.391. The van der Waals surface area contributed by atoms with Crippen molar-refractivity contribution >= 4 is 82.7 Å².